The van der Waals surface area contributed by atoms with E-state index >= 15 is 0 Å². The summed E-state index contributed by atoms with van der Waals surface area (Å²) in [5, 5.41) is 10.6. The SMILES string of the molecule is CC(C)c1cc2c(cc1C(C)SCC(=O)[O-])OCO2.[Na+]. The van der Waals surface area contributed by atoms with Gasteiger partial charge in [0, 0.05) is 11.0 Å². The van der Waals surface area contributed by atoms with Crippen molar-refractivity contribution >= 4 is 17.7 Å². The zero-order valence-corrected chi connectivity index (χ0v) is 15.1. The molecule has 1 aliphatic heterocycles. The summed E-state index contributed by atoms with van der Waals surface area (Å²) in [5.41, 5.74) is 2.27. The van der Waals surface area contributed by atoms with Gasteiger partial charge in [-0.3, -0.25) is 0 Å². The molecule has 0 saturated carbocycles. The van der Waals surface area contributed by atoms with E-state index in [0.717, 1.165) is 17.1 Å². The summed E-state index contributed by atoms with van der Waals surface area (Å²) in [5.74, 6) is 0.802. The molecule has 0 spiro atoms. The third kappa shape index (κ3) is 4.07. The molecule has 0 bridgehead atoms. The number of hydrogen-bond acceptors (Lipinski definition) is 5. The van der Waals surface area contributed by atoms with Gasteiger partial charge in [0.15, 0.2) is 11.5 Å². The number of carboxylic acids is 1. The Bertz CT molecular complexity index is 490. The van der Waals surface area contributed by atoms with Gasteiger partial charge in [-0.15, -0.1) is 11.8 Å². The van der Waals surface area contributed by atoms with E-state index in [1.165, 1.54) is 17.3 Å². The number of fused-ring (bicyclic) bond motifs is 1. The molecule has 0 saturated heterocycles. The first-order valence-corrected chi connectivity index (χ1v) is 7.28. The van der Waals surface area contributed by atoms with Crippen LogP contribution in [0.1, 0.15) is 43.1 Å². The number of benzene rings is 1. The fourth-order valence-electron chi connectivity index (χ4n) is 2.11. The second-order valence-electron chi connectivity index (χ2n) is 4.81. The van der Waals surface area contributed by atoms with E-state index in [0.29, 0.717) is 5.92 Å². The Balaban J connectivity index is 0.00000200. The van der Waals surface area contributed by atoms with Crippen LogP contribution in [-0.2, 0) is 4.79 Å². The van der Waals surface area contributed by atoms with E-state index in [1.54, 1.807) is 0 Å². The van der Waals surface area contributed by atoms with Gasteiger partial charge in [0.05, 0.1) is 5.97 Å². The van der Waals surface area contributed by atoms with E-state index in [1.807, 2.05) is 19.1 Å². The summed E-state index contributed by atoms with van der Waals surface area (Å²) in [6.45, 7) is 6.46. The quantitative estimate of drug-likeness (QED) is 0.659. The molecule has 0 amide bonds. The minimum Gasteiger partial charge on any atom is -0.549 e. The molecule has 104 valence electrons. The monoisotopic (exact) mass is 304 g/mol. The van der Waals surface area contributed by atoms with Gasteiger partial charge in [0.2, 0.25) is 6.79 Å². The number of aliphatic carboxylic acids is 1. The summed E-state index contributed by atoms with van der Waals surface area (Å²) in [6, 6.07) is 3.96. The maximum atomic E-state index is 10.6. The Hall–Kier alpha value is -0.360. The Morgan fingerprint density at radius 2 is 1.80 bits per heavy atom. The van der Waals surface area contributed by atoms with Gasteiger partial charge < -0.3 is 19.4 Å². The van der Waals surface area contributed by atoms with Crippen LogP contribution in [0.2, 0.25) is 0 Å². The van der Waals surface area contributed by atoms with E-state index < -0.39 is 5.97 Å². The molecule has 4 nitrogen and oxygen atoms in total. The van der Waals surface area contributed by atoms with E-state index in [2.05, 4.69) is 13.8 Å². The minimum atomic E-state index is -1.04. The fraction of sp³-hybridized carbons (Fsp3) is 0.500. The van der Waals surface area contributed by atoms with Crippen molar-refractivity contribution in [3.05, 3.63) is 23.3 Å². The van der Waals surface area contributed by atoms with Crippen LogP contribution in [0.4, 0.5) is 0 Å². The third-order valence-corrected chi connectivity index (χ3v) is 4.25. The largest absolute Gasteiger partial charge is 1.00 e. The van der Waals surface area contributed by atoms with Crippen molar-refractivity contribution in [2.45, 2.75) is 31.9 Å². The van der Waals surface area contributed by atoms with Crippen LogP contribution in [0.25, 0.3) is 0 Å². The molecule has 1 aromatic rings. The van der Waals surface area contributed by atoms with Crippen molar-refractivity contribution in [1.29, 1.82) is 0 Å². The number of thioether (sulfide) groups is 1. The maximum Gasteiger partial charge on any atom is 1.00 e. The van der Waals surface area contributed by atoms with Crippen LogP contribution in [0.5, 0.6) is 11.5 Å². The van der Waals surface area contributed by atoms with Crippen molar-refractivity contribution < 1.29 is 48.9 Å². The molecule has 6 heteroatoms. The summed E-state index contributed by atoms with van der Waals surface area (Å²) in [6.07, 6.45) is 0. The number of carbonyl (C=O) groups is 1. The van der Waals surface area contributed by atoms with Crippen LogP contribution in [0, 0.1) is 0 Å². The van der Waals surface area contributed by atoms with Crippen molar-refractivity contribution in [3.8, 4) is 11.5 Å². The van der Waals surface area contributed by atoms with Crippen LogP contribution < -0.4 is 44.1 Å². The molecule has 0 aromatic heterocycles. The normalized spacial score (nSPS) is 14.0. The Morgan fingerprint density at radius 1 is 1.25 bits per heavy atom. The molecule has 0 aliphatic carbocycles. The van der Waals surface area contributed by atoms with Crippen molar-refractivity contribution in [3.63, 3.8) is 0 Å². The first kappa shape index (κ1) is 17.7. The fourth-order valence-corrected chi connectivity index (χ4v) is 2.88. The smallest absolute Gasteiger partial charge is 0.549 e. The van der Waals surface area contributed by atoms with E-state index in [4.69, 9.17) is 9.47 Å². The molecule has 1 unspecified atom stereocenters. The van der Waals surface area contributed by atoms with Gasteiger partial charge in [0.25, 0.3) is 0 Å². The van der Waals surface area contributed by atoms with Gasteiger partial charge in [-0.25, -0.2) is 0 Å². The number of rotatable bonds is 5. The second-order valence-corrected chi connectivity index (χ2v) is 6.14. The zero-order chi connectivity index (χ0) is 14.0. The average molecular weight is 304 g/mol. The summed E-state index contributed by atoms with van der Waals surface area (Å²) in [7, 11) is 0. The maximum absolute atomic E-state index is 10.6. The summed E-state index contributed by atoms with van der Waals surface area (Å²) in [4.78, 5) is 10.6. The van der Waals surface area contributed by atoms with Crippen LogP contribution in [0.15, 0.2) is 12.1 Å². The zero-order valence-electron chi connectivity index (χ0n) is 12.3. The second kappa shape index (κ2) is 7.59. The molecule has 1 aromatic carbocycles. The van der Waals surface area contributed by atoms with Gasteiger partial charge >= 0.3 is 29.6 Å². The molecule has 1 aliphatic rings. The van der Waals surface area contributed by atoms with Gasteiger partial charge in [-0.05, 0) is 36.1 Å². The molecule has 1 atom stereocenters. The number of carbonyl (C=O) groups excluding carboxylic acids is 1. The molecule has 20 heavy (non-hydrogen) atoms. The van der Waals surface area contributed by atoms with Crippen LogP contribution >= 0.6 is 11.8 Å². The molecule has 1 heterocycles. The predicted molar refractivity (Wildman–Crippen MR) is 72.5 cm³/mol. The predicted octanol–water partition coefficient (Wildman–Crippen LogP) is -0.913. The Kier molecular flexibility index (Phi) is 6.72. The Morgan fingerprint density at radius 3 is 2.30 bits per heavy atom. The first-order chi connectivity index (χ1) is 8.99. The van der Waals surface area contributed by atoms with E-state index in [-0.39, 0.29) is 47.4 Å². The van der Waals surface area contributed by atoms with Gasteiger partial charge in [-0.1, -0.05) is 13.8 Å². The summed E-state index contributed by atoms with van der Waals surface area (Å²) >= 11 is 1.36. The van der Waals surface area contributed by atoms with Gasteiger partial charge in [0.1, 0.15) is 0 Å². The van der Waals surface area contributed by atoms with Crippen LogP contribution in [0.3, 0.4) is 0 Å². The van der Waals surface area contributed by atoms with Gasteiger partial charge in [-0.2, -0.15) is 0 Å². The molecular weight excluding hydrogens is 287 g/mol. The minimum absolute atomic E-state index is 0. The first-order valence-electron chi connectivity index (χ1n) is 6.24. The van der Waals surface area contributed by atoms with Crippen LogP contribution in [-0.4, -0.2) is 18.5 Å². The van der Waals surface area contributed by atoms with Crippen molar-refractivity contribution in [1.82, 2.24) is 0 Å². The van der Waals surface area contributed by atoms with Crippen molar-refractivity contribution in [2.75, 3.05) is 12.5 Å². The number of hydrogen-bond donors (Lipinski definition) is 0. The molecular formula is C14H17NaO4S. The van der Waals surface area contributed by atoms with Crippen molar-refractivity contribution in [2.24, 2.45) is 0 Å². The van der Waals surface area contributed by atoms with E-state index in [9.17, 15) is 9.90 Å². The Labute approximate surface area is 145 Å². The number of carboxylic acid groups (broad SMARTS) is 1. The summed E-state index contributed by atoms with van der Waals surface area (Å²) < 4.78 is 10.8. The standard InChI is InChI=1S/C14H18O4S.Na/c1-8(2)10-4-12-13(18-7-17-12)5-11(10)9(3)19-6-14(15)16;/h4-5,8-9H,6-7H2,1-3H3,(H,15,16);/q;+1/p-1. The molecule has 0 fully saturated rings. The topological polar surface area (TPSA) is 58.6 Å². The third-order valence-electron chi connectivity index (χ3n) is 3.09. The molecule has 2 rings (SSSR count). The molecule has 0 radical (unpaired) electrons. The molecule has 0 N–H and O–H groups in total. The number of ether oxygens (including phenoxy) is 2. The average Bonchev–Trinajstić information content (AvgIpc) is 2.81.